The van der Waals surface area contributed by atoms with E-state index in [0.717, 1.165) is 0 Å². The number of non-ortho nitro benzene ring substituents is 1. The molecule has 0 bridgehead atoms. The molecule has 2 N–H and O–H groups in total. The van der Waals surface area contributed by atoms with Crippen LogP contribution in [0.3, 0.4) is 0 Å². The second-order valence-electron chi connectivity index (χ2n) is 4.36. The molecule has 0 unspecified atom stereocenters. The van der Waals surface area contributed by atoms with Gasteiger partial charge in [-0.15, -0.1) is 10.2 Å². The maximum Gasteiger partial charge on any atom is 0.271 e. The van der Waals surface area contributed by atoms with E-state index < -0.39 is 4.92 Å². The molecule has 0 aromatic heterocycles. The average Bonchev–Trinajstić information content (AvgIpc) is 2.54. The van der Waals surface area contributed by atoms with E-state index in [4.69, 9.17) is 26.8 Å². The number of ether oxygens (including phenoxy) is 2. The summed E-state index contributed by atoms with van der Waals surface area (Å²) in [5.41, 5.74) is 6.73. The lowest BCUT2D eigenvalue weighted by Crippen LogP contribution is -1.93. The zero-order chi connectivity index (χ0) is 17.0. The molecule has 9 heteroatoms. The predicted octanol–water partition coefficient (Wildman–Crippen LogP) is 4.26. The van der Waals surface area contributed by atoms with Gasteiger partial charge in [-0.3, -0.25) is 10.1 Å². The number of hydrogen-bond donors (Lipinski definition) is 1. The molecule has 0 amide bonds. The van der Waals surface area contributed by atoms with Crippen LogP contribution in [0.4, 0.5) is 22.7 Å². The van der Waals surface area contributed by atoms with Crippen LogP contribution < -0.4 is 15.2 Å². The third kappa shape index (κ3) is 3.67. The number of methoxy groups -OCH3 is 2. The highest BCUT2D eigenvalue weighted by Crippen LogP contribution is 2.38. The summed E-state index contributed by atoms with van der Waals surface area (Å²) in [4.78, 5) is 10.1. The van der Waals surface area contributed by atoms with E-state index in [1.54, 1.807) is 12.1 Å². The molecule has 0 fully saturated rings. The van der Waals surface area contributed by atoms with Gasteiger partial charge in [0.25, 0.3) is 5.69 Å². The Morgan fingerprint density at radius 2 is 1.70 bits per heavy atom. The first-order valence-corrected chi connectivity index (χ1v) is 6.71. The molecule has 8 nitrogen and oxygen atoms in total. The van der Waals surface area contributed by atoms with Gasteiger partial charge >= 0.3 is 0 Å². The van der Waals surface area contributed by atoms with Gasteiger partial charge in [-0.05, 0) is 6.07 Å². The minimum Gasteiger partial charge on any atom is -0.493 e. The number of nitrogens with zero attached hydrogens (tertiary/aromatic N) is 3. The molecule has 2 rings (SSSR count). The maximum atomic E-state index is 10.7. The standard InChI is InChI=1S/C14H13ClN4O4/c1-22-13-6-10(16)12(7-14(13)23-2)18-17-11-4-3-8(19(20)21)5-9(11)15/h3-7H,16H2,1-2H3. The number of nitro groups is 1. The molecule has 2 aromatic carbocycles. The quantitative estimate of drug-likeness (QED) is 0.379. The molecule has 0 heterocycles. The fourth-order valence-corrected chi connectivity index (χ4v) is 1.98. The number of halogens is 1. The van der Waals surface area contributed by atoms with Gasteiger partial charge in [0, 0.05) is 24.3 Å². The molecule has 0 radical (unpaired) electrons. The molecule has 120 valence electrons. The van der Waals surface area contributed by atoms with E-state index in [1.165, 1.54) is 32.4 Å². The van der Waals surface area contributed by atoms with E-state index in [1.807, 2.05) is 0 Å². The normalized spacial score (nSPS) is 10.7. The van der Waals surface area contributed by atoms with E-state index in [9.17, 15) is 10.1 Å². The van der Waals surface area contributed by atoms with Crippen LogP contribution in [0.2, 0.25) is 5.02 Å². The summed E-state index contributed by atoms with van der Waals surface area (Å²) in [6, 6.07) is 7.02. The van der Waals surface area contributed by atoms with Crippen LogP contribution in [-0.2, 0) is 0 Å². The predicted molar refractivity (Wildman–Crippen MR) is 86.2 cm³/mol. The zero-order valence-corrected chi connectivity index (χ0v) is 13.1. The number of azo groups is 1. The van der Waals surface area contributed by atoms with Crippen LogP contribution in [0.5, 0.6) is 11.5 Å². The van der Waals surface area contributed by atoms with Gasteiger partial charge in [0.05, 0.1) is 29.9 Å². The van der Waals surface area contributed by atoms with Crippen molar-refractivity contribution in [1.82, 2.24) is 0 Å². The molecule has 0 aliphatic heterocycles. The fraction of sp³-hybridized carbons (Fsp3) is 0.143. The van der Waals surface area contributed by atoms with Gasteiger partial charge < -0.3 is 15.2 Å². The molecule has 0 aliphatic rings. The molecule has 0 spiro atoms. The molecular weight excluding hydrogens is 324 g/mol. The van der Waals surface area contributed by atoms with Gasteiger partial charge in [-0.2, -0.15) is 0 Å². The Balaban J connectivity index is 2.35. The Kier molecular flexibility index (Phi) is 4.97. The number of anilines is 1. The van der Waals surface area contributed by atoms with Crippen molar-refractivity contribution in [3.63, 3.8) is 0 Å². The van der Waals surface area contributed by atoms with Gasteiger partial charge in [0.1, 0.15) is 11.4 Å². The first-order valence-electron chi connectivity index (χ1n) is 6.33. The van der Waals surface area contributed by atoms with Crippen LogP contribution in [0.15, 0.2) is 40.6 Å². The Labute approximate surface area is 136 Å². The molecule has 0 atom stereocenters. The van der Waals surface area contributed by atoms with Crippen molar-refractivity contribution in [2.75, 3.05) is 20.0 Å². The van der Waals surface area contributed by atoms with Crippen LogP contribution in [-0.4, -0.2) is 19.1 Å². The van der Waals surface area contributed by atoms with E-state index in [2.05, 4.69) is 10.2 Å². The average molecular weight is 337 g/mol. The molecular formula is C14H13ClN4O4. The third-order valence-electron chi connectivity index (χ3n) is 2.94. The first kappa shape index (κ1) is 16.5. The molecule has 2 aromatic rings. The van der Waals surface area contributed by atoms with E-state index in [-0.39, 0.29) is 16.4 Å². The van der Waals surface area contributed by atoms with E-state index >= 15 is 0 Å². The van der Waals surface area contributed by atoms with Crippen molar-refractivity contribution in [2.45, 2.75) is 0 Å². The second kappa shape index (κ2) is 6.93. The summed E-state index contributed by atoms with van der Waals surface area (Å²) in [5, 5.41) is 18.8. The highest BCUT2D eigenvalue weighted by Gasteiger charge is 2.11. The summed E-state index contributed by atoms with van der Waals surface area (Å²) < 4.78 is 10.3. The molecule has 0 saturated carbocycles. The lowest BCUT2D eigenvalue weighted by Gasteiger charge is -2.09. The number of rotatable bonds is 5. The van der Waals surface area contributed by atoms with Crippen LogP contribution in [0.1, 0.15) is 0 Å². The number of benzene rings is 2. The number of nitrogen functional groups attached to an aromatic ring is 1. The lowest BCUT2D eigenvalue weighted by atomic mass is 10.2. The Morgan fingerprint density at radius 1 is 1.09 bits per heavy atom. The van der Waals surface area contributed by atoms with Gasteiger partial charge in [-0.1, -0.05) is 11.6 Å². The topological polar surface area (TPSA) is 112 Å². The third-order valence-corrected chi connectivity index (χ3v) is 3.24. The summed E-state index contributed by atoms with van der Waals surface area (Å²) >= 11 is 5.95. The van der Waals surface area contributed by atoms with Crippen molar-refractivity contribution in [3.8, 4) is 11.5 Å². The minimum absolute atomic E-state index is 0.113. The Hall–Kier alpha value is -2.87. The van der Waals surface area contributed by atoms with Crippen LogP contribution >= 0.6 is 11.6 Å². The van der Waals surface area contributed by atoms with Gasteiger partial charge in [0.2, 0.25) is 0 Å². The van der Waals surface area contributed by atoms with Crippen LogP contribution in [0.25, 0.3) is 0 Å². The molecule has 0 saturated heterocycles. The zero-order valence-electron chi connectivity index (χ0n) is 12.3. The summed E-state index contributed by atoms with van der Waals surface area (Å²) in [6.07, 6.45) is 0. The monoisotopic (exact) mass is 336 g/mol. The number of nitro benzene ring substituents is 1. The highest BCUT2D eigenvalue weighted by atomic mass is 35.5. The van der Waals surface area contributed by atoms with Crippen molar-refractivity contribution in [1.29, 1.82) is 0 Å². The SMILES string of the molecule is COc1cc(N)c(N=Nc2ccc([N+](=O)[O-])cc2Cl)cc1OC. The molecule has 23 heavy (non-hydrogen) atoms. The number of hydrogen-bond acceptors (Lipinski definition) is 7. The number of nitrogens with two attached hydrogens (primary N) is 1. The second-order valence-corrected chi connectivity index (χ2v) is 4.77. The summed E-state index contributed by atoms with van der Waals surface area (Å²) in [7, 11) is 2.98. The smallest absolute Gasteiger partial charge is 0.271 e. The summed E-state index contributed by atoms with van der Waals surface area (Å²) in [6.45, 7) is 0. The highest BCUT2D eigenvalue weighted by molar-refractivity contribution is 6.33. The largest absolute Gasteiger partial charge is 0.493 e. The van der Waals surface area contributed by atoms with Gasteiger partial charge in [0.15, 0.2) is 11.5 Å². The first-order chi connectivity index (χ1) is 11.0. The van der Waals surface area contributed by atoms with Crippen molar-refractivity contribution in [3.05, 3.63) is 45.5 Å². The van der Waals surface area contributed by atoms with Crippen molar-refractivity contribution < 1.29 is 14.4 Å². The fourth-order valence-electron chi connectivity index (χ4n) is 1.77. The molecule has 0 aliphatic carbocycles. The Bertz CT molecular complexity index is 780. The van der Waals surface area contributed by atoms with Gasteiger partial charge in [-0.25, -0.2) is 0 Å². The van der Waals surface area contributed by atoms with E-state index in [0.29, 0.717) is 22.9 Å². The van der Waals surface area contributed by atoms with Crippen molar-refractivity contribution in [2.24, 2.45) is 10.2 Å². The summed E-state index contributed by atoms with van der Waals surface area (Å²) in [5.74, 6) is 0.919. The minimum atomic E-state index is -0.543. The lowest BCUT2D eigenvalue weighted by molar-refractivity contribution is -0.384. The van der Waals surface area contributed by atoms with Crippen molar-refractivity contribution >= 4 is 34.4 Å². The maximum absolute atomic E-state index is 10.7. The Morgan fingerprint density at radius 3 is 2.26 bits per heavy atom. The van der Waals surface area contributed by atoms with Crippen LogP contribution in [0, 0.1) is 10.1 Å².